The molecule has 1 rings (SSSR count). The van der Waals surface area contributed by atoms with Gasteiger partial charge in [-0.1, -0.05) is 13.3 Å². The van der Waals surface area contributed by atoms with Crippen LogP contribution in [0.4, 0.5) is 5.69 Å². The van der Waals surface area contributed by atoms with Crippen molar-refractivity contribution in [3.05, 3.63) is 45.2 Å². The number of carbonyl (C=O) groups is 1. The fraction of sp³-hybridized carbons (Fsp3) is 0.471. The fourth-order valence-corrected chi connectivity index (χ4v) is 2.25. The second-order valence-electron chi connectivity index (χ2n) is 5.27. The Hall–Kier alpha value is -2.45. The first-order valence-electron chi connectivity index (χ1n) is 7.78. The third-order valence-corrected chi connectivity index (χ3v) is 3.51. The summed E-state index contributed by atoms with van der Waals surface area (Å²) in [5.74, 6) is -0.861. The average molecular weight is 353 g/mol. The van der Waals surface area contributed by atoms with Gasteiger partial charge in [0, 0.05) is 13.2 Å². The second-order valence-corrected chi connectivity index (χ2v) is 5.27. The van der Waals surface area contributed by atoms with Crippen molar-refractivity contribution in [1.29, 1.82) is 0 Å². The Morgan fingerprint density at radius 3 is 2.52 bits per heavy atom. The first kappa shape index (κ1) is 20.6. The Morgan fingerprint density at radius 2 is 2.04 bits per heavy atom. The largest absolute Gasteiger partial charge is 0.512 e. The average Bonchev–Trinajstić information content (AvgIpc) is 2.59. The monoisotopic (exact) mass is 353 g/mol. The van der Waals surface area contributed by atoms with Crippen LogP contribution >= 0.6 is 0 Å². The highest BCUT2D eigenvalue weighted by atomic mass is 16.7. The second kappa shape index (κ2) is 9.75. The number of hydrogen-bond donors (Lipinski definition) is 1. The van der Waals surface area contributed by atoms with Gasteiger partial charge < -0.3 is 19.3 Å². The van der Waals surface area contributed by atoms with Gasteiger partial charge in [-0.25, -0.2) is 4.79 Å². The van der Waals surface area contributed by atoms with E-state index in [2.05, 4.69) is 4.74 Å². The molecule has 138 valence electrons. The molecule has 25 heavy (non-hydrogen) atoms. The van der Waals surface area contributed by atoms with E-state index in [0.29, 0.717) is 6.61 Å². The van der Waals surface area contributed by atoms with E-state index in [0.717, 1.165) is 18.9 Å². The molecule has 8 nitrogen and oxygen atoms in total. The molecule has 0 aromatic heterocycles. The molecule has 0 radical (unpaired) electrons. The number of hydrogen-bond acceptors (Lipinski definition) is 7. The van der Waals surface area contributed by atoms with Crippen LogP contribution in [0.25, 0.3) is 5.57 Å². The van der Waals surface area contributed by atoms with Crippen LogP contribution in [-0.2, 0) is 14.2 Å². The lowest BCUT2D eigenvalue weighted by molar-refractivity contribution is -0.385. The van der Waals surface area contributed by atoms with Gasteiger partial charge in [-0.3, -0.25) is 10.1 Å². The predicted octanol–water partition coefficient (Wildman–Crippen LogP) is 3.46. The van der Waals surface area contributed by atoms with E-state index in [-0.39, 0.29) is 28.1 Å². The molecular weight excluding hydrogens is 330 g/mol. The first-order valence-corrected chi connectivity index (χ1v) is 7.78. The van der Waals surface area contributed by atoms with Gasteiger partial charge in [0.05, 0.1) is 41.1 Å². The first-order chi connectivity index (χ1) is 11.9. The van der Waals surface area contributed by atoms with Crippen LogP contribution in [0.2, 0.25) is 0 Å². The summed E-state index contributed by atoms with van der Waals surface area (Å²) >= 11 is 0. The molecule has 1 atom stereocenters. The zero-order chi connectivity index (χ0) is 19.0. The minimum absolute atomic E-state index is 0.0359. The van der Waals surface area contributed by atoms with Crippen molar-refractivity contribution in [3.8, 4) is 0 Å². The summed E-state index contributed by atoms with van der Waals surface area (Å²) < 4.78 is 15.4. The molecule has 0 heterocycles. The Labute approximate surface area is 146 Å². The van der Waals surface area contributed by atoms with Gasteiger partial charge in [0.25, 0.3) is 5.69 Å². The highest BCUT2D eigenvalue weighted by molar-refractivity contribution is 5.91. The molecule has 0 amide bonds. The molecule has 1 aromatic carbocycles. The standard InChI is InChI=1S/C17H23NO7/c1-5-6-9-25-17(24-4)15(11(2)19)13-8-7-12(16(20)23-3)10-14(13)18(21)22/h7-8,10,17,19H,5-6,9H2,1-4H3/b15-11-. The summed E-state index contributed by atoms with van der Waals surface area (Å²) in [6, 6.07) is 3.85. The minimum Gasteiger partial charge on any atom is -0.512 e. The van der Waals surface area contributed by atoms with E-state index >= 15 is 0 Å². The van der Waals surface area contributed by atoms with Crippen LogP contribution in [0, 0.1) is 10.1 Å². The van der Waals surface area contributed by atoms with Crippen LogP contribution in [0.15, 0.2) is 24.0 Å². The predicted molar refractivity (Wildman–Crippen MR) is 91.3 cm³/mol. The molecule has 8 heteroatoms. The number of nitro benzene ring substituents is 1. The molecule has 0 aliphatic rings. The Balaban J connectivity index is 3.38. The van der Waals surface area contributed by atoms with E-state index in [1.54, 1.807) is 0 Å². The van der Waals surface area contributed by atoms with Crippen molar-refractivity contribution in [1.82, 2.24) is 0 Å². The minimum atomic E-state index is -0.973. The molecule has 1 N–H and O–H groups in total. The smallest absolute Gasteiger partial charge is 0.338 e. The lowest BCUT2D eigenvalue weighted by Crippen LogP contribution is -2.20. The number of nitro groups is 1. The van der Waals surface area contributed by atoms with E-state index in [1.165, 1.54) is 33.3 Å². The molecule has 1 aromatic rings. The maximum absolute atomic E-state index is 11.6. The highest BCUT2D eigenvalue weighted by Gasteiger charge is 2.27. The summed E-state index contributed by atoms with van der Waals surface area (Å²) in [4.78, 5) is 22.4. The quantitative estimate of drug-likeness (QED) is 0.181. The van der Waals surface area contributed by atoms with Crippen LogP contribution in [0.3, 0.4) is 0 Å². The summed E-state index contributed by atoms with van der Waals surface area (Å²) in [5.41, 5.74) is -0.0658. The Bertz CT molecular complexity index is 650. The number of unbranched alkanes of at least 4 members (excludes halogenated alkanes) is 1. The molecule has 0 aliphatic heterocycles. The third kappa shape index (κ3) is 5.27. The molecule has 0 saturated heterocycles. The van der Waals surface area contributed by atoms with Gasteiger partial charge in [0.15, 0.2) is 6.29 Å². The SMILES string of the molecule is CCCCOC(OC)/C(=C(/C)O)c1ccc(C(=O)OC)cc1[N+](=O)[O-]. The zero-order valence-corrected chi connectivity index (χ0v) is 14.8. The molecule has 0 aliphatic carbocycles. The summed E-state index contributed by atoms with van der Waals surface area (Å²) in [6.07, 6.45) is 0.710. The van der Waals surface area contributed by atoms with Crippen LogP contribution in [0.5, 0.6) is 0 Å². The number of nitrogens with zero attached hydrogens (tertiary/aromatic N) is 1. The normalized spacial score (nSPS) is 13.1. The van der Waals surface area contributed by atoms with Crippen molar-refractivity contribution in [3.63, 3.8) is 0 Å². The molecule has 0 spiro atoms. The van der Waals surface area contributed by atoms with E-state index in [4.69, 9.17) is 9.47 Å². The van der Waals surface area contributed by atoms with Gasteiger partial charge in [-0.15, -0.1) is 0 Å². The van der Waals surface area contributed by atoms with Crippen LogP contribution < -0.4 is 0 Å². The van der Waals surface area contributed by atoms with Gasteiger partial charge in [0.2, 0.25) is 0 Å². The molecule has 1 unspecified atom stereocenters. The van der Waals surface area contributed by atoms with Crippen LogP contribution in [0.1, 0.15) is 42.6 Å². The number of ether oxygens (including phenoxy) is 3. The lowest BCUT2D eigenvalue weighted by Gasteiger charge is -2.20. The van der Waals surface area contributed by atoms with Crippen molar-refractivity contribution in [2.75, 3.05) is 20.8 Å². The number of methoxy groups -OCH3 is 2. The van der Waals surface area contributed by atoms with Gasteiger partial charge >= 0.3 is 5.97 Å². The Morgan fingerprint density at radius 1 is 1.36 bits per heavy atom. The van der Waals surface area contributed by atoms with Crippen molar-refractivity contribution < 1.29 is 29.0 Å². The maximum Gasteiger partial charge on any atom is 0.338 e. The summed E-state index contributed by atoms with van der Waals surface area (Å²) in [5, 5.41) is 21.5. The van der Waals surface area contributed by atoms with Crippen LogP contribution in [-0.4, -0.2) is 43.1 Å². The molecule has 0 bridgehead atoms. The molecule has 0 fully saturated rings. The van der Waals surface area contributed by atoms with Crippen molar-refractivity contribution >= 4 is 17.2 Å². The molecular formula is C17H23NO7. The number of benzene rings is 1. The van der Waals surface area contributed by atoms with E-state index < -0.39 is 17.2 Å². The summed E-state index contributed by atoms with van der Waals surface area (Å²) in [6.45, 7) is 3.76. The fourth-order valence-electron chi connectivity index (χ4n) is 2.25. The van der Waals surface area contributed by atoms with Crippen molar-refractivity contribution in [2.24, 2.45) is 0 Å². The van der Waals surface area contributed by atoms with Crippen molar-refractivity contribution in [2.45, 2.75) is 33.0 Å². The van der Waals surface area contributed by atoms with Gasteiger partial charge in [-0.2, -0.15) is 0 Å². The summed E-state index contributed by atoms with van der Waals surface area (Å²) in [7, 11) is 2.57. The molecule has 0 saturated carbocycles. The van der Waals surface area contributed by atoms with Gasteiger partial charge in [-0.05, 0) is 25.5 Å². The highest BCUT2D eigenvalue weighted by Crippen LogP contribution is 2.33. The number of esters is 1. The lowest BCUT2D eigenvalue weighted by atomic mass is 10.00. The number of rotatable bonds is 9. The Kier molecular flexibility index (Phi) is 8.03. The number of aliphatic hydroxyl groups excluding tert-OH is 1. The maximum atomic E-state index is 11.6. The zero-order valence-electron chi connectivity index (χ0n) is 14.8. The van der Waals surface area contributed by atoms with E-state index in [1.807, 2.05) is 6.92 Å². The third-order valence-electron chi connectivity index (χ3n) is 3.51. The number of allylic oxidation sites excluding steroid dienone is 1. The number of carbonyl (C=O) groups excluding carboxylic acids is 1. The van der Waals surface area contributed by atoms with Gasteiger partial charge in [0.1, 0.15) is 0 Å². The van der Waals surface area contributed by atoms with E-state index in [9.17, 15) is 20.0 Å². The topological polar surface area (TPSA) is 108 Å². The number of aliphatic hydroxyl groups is 1.